The van der Waals surface area contributed by atoms with Gasteiger partial charge in [-0.05, 0) is 50.4 Å². The summed E-state index contributed by atoms with van der Waals surface area (Å²) in [6.45, 7) is 4.25. The number of carbonyl (C=O) groups excluding carboxylic acids is 1. The molecule has 2 aliphatic carbocycles. The van der Waals surface area contributed by atoms with Gasteiger partial charge in [0.15, 0.2) is 0 Å². The van der Waals surface area contributed by atoms with E-state index in [4.69, 9.17) is 0 Å². The van der Waals surface area contributed by atoms with E-state index in [9.17, 15) is 4.79 Å². The number of hydrogen-bond donors (Lipinski definition) is 1. The third kappa shape index (κ3) is 2.35. The fourth-order valence-corrected chi connectivity index (χ4v) is 3.57. The smallest absolute Gasteiger partial charge is 0.220 e. The van der Waals surface area contributed by atoms with Crippen molar-refractivity contribution >= 4 is 5.91 Å². The lowest BCUT2D eigenvalue weighted by atomic mass is 9.84. The van der Waals surface area contributed by atoms with Gasteiger partial charge in [0, 0.05) is 12.5 Å². The first-order valence-corrected chi connectivity index (χ1v) is 6.50. The summed E-state index contributed by atoms with van der Waals surface area (Å²) in [5.74, 6) is 2.90. The summed E-state index contributed by atoms with van der Waals surface area (Å²) in [7, 11) is 0. The lowest BCUT2D eigenvalue weighted by Crippen LogP contribution is -2.39. The second kappa shape index (κ2) is 4.54. The van der Waals surface area contributed by atoms with Gasteiger partial charge in [-0.1, -0.05) is 13.3 Å². The van der Waals surface area contributed by atoms with Gasteiger partial charge in [-0.2, -0.15) is 0 Å². The van der Waals surface area contributed by atoms with Gasteiger partial charge in [-0.3, -0.25) is 4.79 Å². The fourth-order valence-electron chi connectivity index (χ4n) is 3.57. The molecule has 86 valence electrons. The maximum absolute atomic E-state index is 11.5. The Balaban J connectivity index is 1.81. The average molecular weight is 209 g/mol. The highest BCUT2D eigenvalue weighted by Crippen LogP contribution is 2.49. The van der Waals surface area contributed by atoms with Crippen molar-refractivity contribution in [3.63, 3.8) is 0 Å². The van der Waals surface area contributed by atoms with Crippen molar-refractivity contribution in [2.75, 3.05) is 0 Å². The predicted molar refractivity (Wildman–Crippen MR) is 61.5 cm³/mol. The van der Waals surface area contributed by atoms with Crippen LogP contribution in [0.3, 0.4) is 0 Å². The first-order valence-electron chi connectivity index (χ1n) is 6.50. The molecule has 1 N–H and O–H groups in total. The molecule has 2 saturated carbocycles. The molecule has 0 aliphatic heterocycles. The molecule has 0 aromatic rings. The Labute approximate surface area is 92.8 Å². The Morgan fingerprint density at radius 3 is 2.73 bits per heavy atom. The van der Waals surface area contributed by atoms with E-state index in [-0.39, 0.29) is 5.91 Å². The zero-order valence-corrected chi connectivity index (χ0v) is 9.96. The third-order valence-electron chi connectivity index (χ3n) is 4.30. The van der Waals surface area contributed by atoms with Crippen molar-refractivity contribution in [2.45, 2.75) is 58.4 Å². The minimum atomic E-state index is 0.243. The third-order valence-corrected chi connectivity index (χ3v) is 4.30. The molecule has 0 unspecified atom stereocenters. The van der Waals surface area contributed by atoms with Gasteiger partial charge in [-0.25, -0.2) is 0 Å². The van der Waals surface area contributed by atoms with Crippen molar-refractivity contribution in [1.82, 2.24) is 5.32 Å². The van der Waals surface area contributed by atoms with Crippen molar-refractivity contribution < 1.29 is 4.79 Å². The Bertz CT molecular complexity index is 239. The van der Waals surface area contributed by atoms with Crippen LogP contribution in [-0.2, 0) is 4.79 Å². The molecule has 2 bridgehead atoms. The van der Waals surface area contributed by atoms with E-state index >= 15 is 0 Å². The van der Waals surface area contributed by atoms with Gasteiger partial charge in [0.25, 0.3) is 0 Å². The van der Waals surface area contributed by atoms with E-state index in [0.717, 1.165) is 24.2 Å². The molecule has 2 heteroatoms. The van der Waals surface area contributed by atoms with E-state index in [0.29, 0.717) is 12.5 Å². The second-order valence-electron chi connectivity index (χ2n) is 5.44. The summed E-state index contributed by atoms with van der Waals surface area (Å²) >= 11 is 0. The zero-order chi connectivity index (χ0) is 10.8. The summed E-state index contributed by atoms with van der Waals surface area (Å²) in [5.41, 5.74) is 0. The van der Waals surface area contributed by atoms with Crippen molar-refractivity contribution in [3.05, 3.63) is 0 Å². The van der Waals surface area contributed by atoms with E-state index in [1.807, 2.05) is 0 Å². The predicted octanol–water partition coefficient (Wildman–Crippen LogP) is 2.73. The number of rotatable bonds is 4. The van der Waals surface area contributed by atoms with E-state index in [1.54, 1.807) is 0 Å². The summed E-state index contributed by atoms with van der Waals surface area (Å²) in [5, 5.41) is 3.17. The number of carbonyl (C=O) groups is 1. The van der Waals surface area contributed by atoms with E-state index < -0.39 is 0 Å². The molecule has 2 fully saturated rings. The van der Waals surface area contributed by atoms with Crippen LogP contribution < -0.4 is 5.32 Å². The van der Waals surface area contributed by atoms with Crippen molar-refractivity contribution in [1.29, 1.82) is 0 Å². The lowest BCUT2D eigenvalue weighted by Gasteiger charge is -2.28. The van der Waals surface area contributed by atoms with E-state index in [2.05, 4.69) is 19.2 Å². The number of nitrogens with one attached hydrogen (secondary N) is 1. The number of hydrogen-bond acceptors (Lipinski definition) is 1. The molecular formula is C13H23NO. The van der Waals surface area contributed by atoms with E-state index in [1.165, 1.54) is 25.7 Å². The normalized spacial score (nSPS) is 35.5. The van der Waals surface area contributed by atoms with Crippen LogP contribution in [0.5, 0.6) is 0 Å². The molecule has 2 nitrogen and oxygen atoms in total. The maximum Gasteiger partial charge on any atom is 0.220 e. The van der Waals surface area contributed by atoms with Gasteiger partial charge in [0.05, 0.1) is 0 Å². The molecule has 0 radical (unpaired) electrons. The summed E-state index contributed by atoms with van der Waals surface area (Å²) < 4.78 is 0. The van der Waals surface area contributed by atoms with Gasteiger partial charge in [0.1, 0.15) is 0 Å². The standard InChI is InChI=1S/C13H23NO/c1-3-4-13(15)14-9(2)12-8-10-5-6-11(12)7-10/h9-12H,3-8H2,1-2H3,(H,14,15)/t9-,10+,11+,12-/m1/s1. The topological polar surface area (TPSA) is 29.1 Å². The average Bonchev–Trinajstić information content (AvgIpc) is 2.78. The van der Waals surface area contributed by atoms with Crippen LogP contribution in [0, 0.1) is 17.8 Å². The first-order chi connectivity index (χ1) is 7.20. The highest BCUT2D eigenvalue weighted by molar-refractivity contribution is 5.76. The van der Waals surface area contributed by atoms with Gasteiger partial charge < -0.3 is 5.32 Å². The number of fused-ring (bicyclic) bond motifs is 2. The van der Waals surface area contributed by atoms with Crippen LogP contribution in [0.1, 0.15) is 52.4 Å². The van der Waals surface area contributed by atoms with Crippen molar-refractivity contribution in [2.24, 2.45) is 17.8 Å². The summed E-state index contributed by atoms with van der Waals surface area (Å²) in [6, 6.07) is 0.402. The molecule has 0 aromatic carbocycles. The molecule has 0 heterocycles. The highest BCUT2D eigenvalue weighted by Gasteiger charge is 2.41. The fraction of sp³-hybridized carbons (Fsp3) is 0.923. The Kier molecular flexibility index (Phi) is 3.32. The molecule has 0 saturated heterocycles. The summed E-state index contributed by atoms with van der Waals surface area (Å²) in [6.07, 6.45) is 7.28. The monoisotopic (exact) mass is 209 g/mol. The van der Waals surface area contributed by atoms with Crippen LogP contribution in [0.25, 0.3) is 0 Å². The minimum absolute atomic E-state index is 0.243. The Morgan fingerprint density at radius 1 is 1.40 bits per heavy atom. The second-order valence-corrected chi connectivity index (χ2v) is 5.44. The maximum atomic E-state index is 11.5. The minimum Gasteiger partial charge on any atom is -0.353 e. The van der Waals surface area contributed by atoms with Gasteiger partial charge >= 0.3 is 0 Å². The molecule has 0 aromatic heterocycles. The molecule has 1 amide bonds. The zero-order valence-electron chi connectivity index (χ0n) is 9.96. The Hall–Kier alpha value is -0.530. The molecular weight excluding hydrogens is 186 g/mol. The molecule has 0 spiro atoms. The lowest BCUT2D eigenvalue weighted by molar-refractivity contribution is -0.122. The first kappa shape index (κ1) is 11.0. The quantitative estimate of drug-likeness (QED) is 0.758. The highest BCUT2D eigenvalue weighted by atomic mass is 16.1. The van der Waals surface area contributed by atoms with Crippen LogP contribution in [0.2, 0.25) is 0 Å². The van der Waals surface area contributed by atoms with Crippen LogP contribution in [0.15, 0.2) is 0 Å². The largest absolute Gasteiger partial charge is 0.353 e. The molecule has 15 heavy (non-hydrogen) atoms. The number of amides is 1. The van der Waals surface area contributed by atoms with Gasteiger partial charge in [0.2, 0.25) is 5.91 Å². The molecule has 4 atom stereocenters. The van der Waals surface area contributed by atoms with Crippen LogP contribution in [0.4, 0.5) is 0 Å². The van der Waals surface area contributed by atoms with Crippen LogP contribution in [-0.4, -0.2) is 11.9 Å². The molecule has 2 aliphatic rings. The SMILES string of the molecule is CCCC(=O)N[C@H](C)[C@H]1C[C@H]2CC[C@H]1C2. The summed E-state index contributed by atoms with van der Waals surface area (Å²) in [4.78, 5) is 11.5. The molecule has 2 rings (SSSR count). The Morgan fingerprint density at radius 2 is 2.20 bits per heavy atom. The van der Waals surface area contributed by atoms with Crippen LogP contribution >= 0.6 is 0 Å². The van der Waals surface area contributed by atoms with Gasteiger partial charge in [-0.15, -0.1) is 0 Å². The van der Waals surface area contributed by atoms with Crippen molar-refractivity contribution in [3.8, 4) is 0 Å².